The summed E-state index contributed by atoms with van der Waals surface area (Å²) in [6.07, 6.45) is 3.80. The Bertz CT molecular complexity index is 653. The third-order valence-corrected chi connectivity index (χ3v) is 3.72. The van der Waals surface area contributed by atoms with Crippen LogP contribution in [-0.2, 0) is 0 Å². The van der Waals surface area contributed by atoms with Gasteiger partial charge in [-0.15, -0.1) is 0 Å². The third-order valence-electron chi connectivity index (χ3n) is 3.49. The van der Waals surface area contributed by atoms with Crippen LogP contribution in [0.25, 0.3) is 0 Å². The van der Waals surface area contributed by atoms with Crippen molar-refractivity contribution >= 4 is 28.9 Å². The highest BCUT2D eigenvalue weighted by molar-refractivity contribution is 6.30. The number of carbonyl (C=O) groups is 1. The Morgan fingerprint density at radius 3 is 2.67 bits per heavy atom. The summed E-state index contributed by atoms with van der Waals surface area (Å²) in [6, 6.07) is 11.1. The zero-order chi connectivity index (χ0) is 14.7. The van der Waals surface area contributed by atoms with Crippen LogP contribution in [0.2, 0.25) is 5.02 Å². The van der Waals surface area contributed by atoms with Gasteiger partial charge in [0.1, 0.15) is 5.69 Å². The van der Waals surface area contributed by atoms with Gasteiger partial charge in [-0.05, 0) is 43.2 Å². The van der Waals surface area contributed by atoms with Gasteiger partial charge in [0, 0.05) is 35.7 Å². The van der Waals surface area contributed by atoms with Gasteiger partial charge in [-0.1, -0.05) is 17.7 Å². The quantitative estimate of drug-likeness (QED) is 0.940. The van der Waals surface area contributed by atoms with Gasteiger partial charge in [0.2, 0.25) is 0 Å². The molecule has 5 heteroatoms. The Hall–Kier alpha value is -2.07. The van der Waals surface area contributed by atoms with E-state index in [1.54, 1.807) is 12.3 Å². The summed E-state index contributed by atoms with van der Waals surface area (Å²) < 4.78 is 0. The number of amides is 1. The second-order valence-electron chi connectivity index (χ2n) is 5.06. The van der Waals surface area contributed by atoms with Crippen molar-refractivity contribution in [2.45, 2.75) is 12.8 Å². The molecule has 1 aliphatic heterocycles. The van der Waals surface area contributed by atoms with Crippen LogP contribution in [0.4, 0.5) is 11.4 Å². The molecule has 2 heterocycles. The standard InChI is InChI=1S/C16H16ClN3O/c17-12-4-3-5-13(10-12)19-14-6-7-18-15(11-14)16(21)20-8-1-2-9-20/h3-7,10-11H,1-2,8-9H2,(H,18,19). The van der Waals surface area contributed by atoms with E-state index < -0.39 is 0 Å². The Balaban J connectivity index is 1.78. The first-order valence-electron chi connectivity index (χ1n) is 7.00. The Morgan fingerprint density at radius 2 is 1.90 bits per heavy atom. The minimum Gasteiger partial charge on any atom is -0.355 e. The van der Waals surface area contributed by atoms with Gasteiger partial charge >= 0.3 is 0 Å². The molecule has 21 heavy (non-hydrogen) atoms. The Labute approximate surface area is 128 Å². The largest absolute Gasteiger partial charge is 0.355 e. The first-order valence-corrected chi connectivity index (χ1v) is 7.38. The molecular weight excluding hydrogens is 286 g/mol. The van der Waals surface area contributed by atoms with Crippen LogP contribution in [-0.4, -0.2) is 28.9 Å². The summed E-state index contributed by atoms with van der Waals surface area (Å²) >= 11 is 5.97. The Morgan fingerprint density at radius 1 is 1.14 bits per heavy atom. The summed E-state index contributed by atoms with van der Waals surface area (Å²) in [5.74, 6) is 0.00208. The van der Waals surface area contributed by atoms with E-state index in [0.29, 0.717) is 10.7 Å². The van der Waals surface area contributed by atoms with E-state index in [4.69, 9.17) is 11.6 Å². The number of rotatable bonds is 3. The molecule has 0 atom stereocenters. The second kappa shape index (κ2) is 6.14. The molecule has 1 saturated heterocycles. The normalized spacial score (nSPS) is 14.2. The number of anilines is 2. The fourth-order valence-electron chi connectivity index (χ4n) is 2.44. The number of nitrogens with one attached hydrogen (secondary N) is 1. The van der Waals surface area contributed by atoms with Crippen molar-refractivity contribution in [3.63, 3.8) is 0 Å². The van der Waals surface area contributed by atoms with E-state index in [1.165, 1.54) is 0 Å². The molecule has 0 saturated carbocycles. The summed E-state index contributed by atoms with van der Waals surface area (Å²) in [5, 5.41) is 3.90. The zero-order valence-electron chi connectivity index (χ0n) is 11.6. The topological polar surface area (TPSA) is 45.2 Å². The molecular formula is C16H16ClN3O. The van der Waals surface area contributed by atoms with Gasteiger partial charge in [-0.25, -0.2) is 0 Å². The lowest BCUT2D eigenvalue weighted by atomic mass is 10.2. The van der Waals surface area contributed by atoms with Crippen molar-refractivity contribution in [2.24, 2.45) is 0 Å². The van der Waals surface area contributed by atoms with Crippen molar-refractivity contribution in [2.75, 3.05) is 18.4 Å². The van der Waals surface area contributed by atoms with Gasteiger partial charge in [0.25, 0.3) is 5.91 Å². The predicted octanol–water partition coefficient (Wildman–Crippen LogP) is 3.71. The molecule has 108 valence electrons. The van der Waals surface area contributed by atoms with E-state index >= 15 is 0 Å². The maximum absolute atomic E-state index is 12.3. The highest BCUT2D eigenvalue weighted by atomic mass is 35.5. The smallest absolute Gasteiger partial charge is 0.272 e. The van der Waals surface area contributed by atoms with E-state index in [2.05, 4.69) is 10.3 Å². The number of hydrogen-bond acceptors (Lipinski definition) is 3. The lowest BCUT2D eigenvalue weighted by Gasteiger charge is -2.15. The van der Waals surface area contributed by atoms with E-state index in [-0.39, 0.29) is 5.91 Å². The number of pyridine rings is 1. The minimum atomic E-state index is 0.00208. The van der Waals surface area contributed by atoms with Gasteiger partial charge in [0.05, 0.1) is 0 Å². The molecule has 4 nitrogen and oxygen atoms in total. The number of aromatic nitrogens is 1. The molecule has 1 amide bonds. The third kappa shape index (κ3) is 3.34. The van der Waals surface area contributed by atoms with Crippen LogP contribution < -0.4 is 5.32 Å². The molecule has 0 radical (unpaired) electrons. The van der Waals surface area contributed by atoms with Gasteiger partial charge in [0.15, 0.2) is 0 Å². The summed E-state index contributed by atoms with van der Waals surface area (Å²) in [7, 11) is 0. The van der Waals surface area contributed by atoms with Gasteiger partial charge in [-0.3, -0.25) is 9.78 Å². The van der Waals surface area contributed by atoms with Gasteiger partial charge < -0.3 is 10.2 Å². The highest BCUT2D eigenvalue weighted by Crippen LogP contribution is 2.21. The maximum Gasteiger partial charge on any atom is 0.272 e. The molecule has 1 fully saturated rings. The number of hydrogen-bond donors (Lipinski definition) is 1. The van der Waals surface area contributed by atoms with Crippen LogP contribution in [0.3, 0.4) is 0 Å². The summed E-state index contributed by atoms with van der Waals surface area (Å²) in [5.41, 5.74) is 2.19. The fourth-order valence-corrected chi connectivity index (χ4v) is 2.63. The molecule has 1 aromatic carbocycles. The monoisotopic (exact) mass is 301 g/mol. The molecule has 0 aliphatic carbocycles. The van der Waals surface area contributed by atoms with E-state index in [9.17, 15) is 4.79 Å². The van der Waals surface area contributed by atoms with Crippen molar-refractivity contribution < 1.29 is 4.79 Å². The van der Waals surface area contributed by atoms with Crippen molar-refractivity contribution in [1.29, 1.82) is 0 Å². The fraction of sp³-hybridized carbons (Fsp3) is 0.250. The van der Waals surface area contributed by atoms with Crippen molar-refractivity contribution in [3.05, 3.63) is 53.3 Å². The number of carbonyl (C=O) groups excluding carboxylic acids is 1. The number of nitrogens with zero attached hydrogens (tertiary/aromatic N) is 2. The molecule has 3 rings (SSSR count). The predicted molar refractivity (Wildman–Crippen MR) is 84.1 cm³/mol. The minimum absolute atomic E-state index is 0.00208. The van der Waals surface area contributed by atoms with Crippen LogP contribution in [0.5, 0.6) is 0 Å². The van der Waals surface area contributed by atoms with Crippen LogP contribution in [0.15, 0.2) is 42.6 Å². The highest BCUT2D eigenvalue weighted by Gasteiger charge is 2.20. The average molecular weight is 302 g/mol. The molecule has 0 spiro atoms. The average Bonchev–Trinajstić information content (AvgIpc) is 3.01. The SMILES string of the molecule is O=C(c1cc(Nc2cccc(Cl)c2)ccn1)N1CCCC1. The summed E-state index contributed by atoms with van der Waals surface area (Å²) in [4.78, 5) is 18.4. The van der Waals surface area contributed by atoms with Crippen molar-refractivity contribution in [3.8, 4) is 0 Å². The lowest BCUT2D eigenvalue weighted by molar-refractivity contribution is 0.0787. The number of likely N-dealkylation sites (tertiary alicyclic amines) is 1. The van der Waals surface area contributed by atoms with Crippen LogP contribution in [0.1, 0.15) is 23.3 Å². The lowest BCUT2D eigenvalue weighted by Crippen LogP contribution is -2.28. The molecule has 0 unspecified atom stereocenters. The number of halogens is 1. The molecule has 2 aromatic rings. The first kappa shape index (κ1) is 13.9. The van der Waals surface area contributed by atoms with E-state index in [1.807, 2.05) is 35.2 Å². The molecule has 1 N–H and O–H groups in total. The van der Waals surface area contributed by atoms with E-state index in [0.717, 1.165) is 37.3 Å². The molecule has 0 bridgehead atoms. The first-order chi connectivity index (χ1) is 10.2. The second-order valence-corrected chi connectivity index (χ2v) is 5.50. The van der Waals surface area contributed by atoms with Crippen LogP contribution >= 0.6 is 11.6 Å². The van der Waals surface area contributed by atoms with Crippen LogP contribution in [0, 0.1) is 0 Å². The summed E-state index contributed by atoms with van der Waals surface area (Å²) in [6.45, 7) is 1.65. The van der Waals surface area contributed by atoms with Gasteiger partial charge in [-0.2, -0.15) is 0 Å². The molecule has 1 aliphatic rings. The Kier molecular flexibility index (Phi) is 4.06. The number of benzene rings is 1. The zero-order valence-corrected chi connectivity index (χ0v) is 12.3. The molecule has 1 aromatic heterocycles. The maximum atomic E-state index is 12.3. The van der Waals surface area contributed by atoms with Crippen molar-refractivity contribution in [1.82, 2.24) is 9.88 Å².